The number of alkyl halides is 3. The highest BCUT2D eigenvalue weighted by atomic mass is 35.6. The summed E-state index contributed by atoms with van der Waals surface area (Å²) >= 11 is 16.8. The first-order valence-corrected chi connectivity index (χ1v) is 8.46. The maximum Gasteiger partial charge on any atom is 0.343 e. The van der Waals surface area contributed by atoms with Crippen LogP contribution in [0.25, 0.3) is 11.2 Å². The van der Waals surface area contributed by atoms with Crippen molar-refractivity contribution in [2.45, 2.75) is 3.79 Å². The molecule has 2 bridgehead atoms. The Morgan fingerprint density at radius 3 is 2.29 bits per heavy atom. The summed E-state index contributed by atoms with van der Waals surface area (Å²) in [5, 5.41) is 0. The van der Waals surface area contributed by atoms with E-state index in [1.165, 1.54) is 0 Å². The fourth-order valence-corrected chi connectivity index (χ4v) is 2.82. The Balaban J connectivity index is 1.84. The highest BCUT2D eigenvalue weighted by molar-refractivity contribution is 6.67. The number of amides is 1. The van der Waals surface area contributed by atoms with E-state index in [0.29, 0.717) is 18.7 Å². The van der Waals surface area contributed by atoms with Gasteiger partial charge in [0.1, 0.15) is 28.9 Å². The average molecular weight is 394 g/mol. The molecule has 6 nitrogen and oxygen atoms in total. The van der Waals surface area contributed by atoms with Crippen molar-refractivity contribution in [2.75, 3.05) is 39.8 Å². The van der Waals surface area contributed by atoms with E-state index in [1.54, 1.807) is 17.0 Å². The Bertz CT molecular complexity index is 747. The highest BCUT2D eigenvalue weighted by Crippen LogP contribution is 2.32. The lowest BCUT2D eigenvalue weighted by atomic mass is 10.1. The van der Waals surface area contributed by atoms with Gasteiger partial charge in [0, 0.05) is 26.2 Å². The van der Waals surface area contributed by atoms with Gasteiger partial charge in [-0.05, 0) is 19.2 Å². The number of hydrogen-bond donors (Lipinski definition) is 0. The van der Waals surface area contributed by atoms with E-state index >= 15 is 0 Å². The first-order valence-electron chi connectivity index (χ1n) is 7.33. The van der Waals surface area contributed by atoms with E-state index in [4.69, 9.17) is 44.0 Å². The van der Waals surface area contributed by atoms with Gasteiger partial charge in [0.15, 0.2) is 0 Å². The topological polar surface area (TPSA) is 63.0 Å². The third kappa shape index (κ3) is 3.57. The third-order valence-corrected chi connectivity index (χ3v) is 4.25. The Hall–Kier alpha value is -1.21. The van der Waals surface area contributed by atoms with Crippen molar-refractivity contribution >= 4 is 57.8 Å². The minimum atomic E-state index is -1.72. The molecule has 0 spiro atoms. The molecule has 0 N–H and O–H groups in total. The van der Waals surface area contributed by atoms with Crippen LogP contribution in [0.2, 0.25) is 0 Å². The molecule has 2 aromatic rings. The zero-order chi connectivity index (χ0) is 17.5. The molecule has 1 fully saturated rings. The van der Waals surface area contributed by atoms with Crippen molar-refractivity contribution in [1.82, 2.24) is 9.80 Å². The number of carbonyl (C=O) groups excluding carboxylic acids is 2. The Morgan fingerprint density at radius 2 is 1.71 bits per heavy atom. The summed E-state index contributed by atoms with van der Waals surface area (Å²) in [5.41, 5.74) is 0.948. The molecule has 0 aliphatic carbocycles. The lowest BCUT2D eigenvalue weighted by Crippen LogP contribution is -2.47. The minimum Gasteiger partial charge on any atom is -0.457 e. The molecule has 3 rings (SSSR count). The standard InChI is InChI=1S/C15H15Cl3N2O4/c1-19-4-6-20(7-5-19)13(21)11-9-2-3-10(24-9)12(11)14(22)23-8-15(16,17)18/h2-3H,4-8H2,1H3. The summed E-state index contributed by atoms with van der Waals surface area (Å²) in [6, 6.07) is 3.27. The molecule has 130 valence electrons. The summed E-state index contributed by atoms with van der Waals surface area (Å²) < 4.78 is 8.76. The largest absolute Gasteiger partial charge is 0.457 e. The molecule has 0 unspecified atom stereocenters. The quantitative estimate of drug-likeness (QED) is 0.593. The van der Waals surface area contributed by atoms with Gasteiger partial charge in [-0.25, -0.2) is 4.79 Å². The van der Waals surface area contributed by atoms with Crippen molar-refractivity contribution < 1.29 is 18.7 Å². The molecule has 0 saturated carbocycles. The second-order valence-corrected chi connectivity index (χ2v) is 8.22. The van der Waals surface area contributed by atoms with Crippen LogP contribution in [0, 0.1) is 0 Å². The van der Waals surface area contributed by atoms with E-state index in [0.717, 1.165) is 13.1 Å². The number of esters is 1. The van der Waals surface area contributed by atoms with Crippen LogP contribution < -0.4 is 0 Å². The number of fused-ring (bicyclic) bond motifs is 2. The molecule has 3 heterocycles. The van der Waals surface area contributed by atoms with E-state index in [9.17, 15) is 9.59 Å². The molecule has 2 aromatic heterocycles. The normalized spacial score (nSPS) is 16.8. The molecule has 0 aromatic carbocycles. The van der Waals surface area contributed by atoms with Gasteiger partial charge in [0.05, 0.1) is 0 Å². The molecule has 1 aliphatic heterocycles. The second-order valence-electron chi connectivity index (χ2n) is 5.70. The molecule has 1 saturated heterocycles. The fraction of sp³-hybridized carbons (Fsp3) is 0.467. The fourth-order valence-electron chi connectivity index (χ4n) is 2.66. The van der Waals surface area contributed by atoms with Crippen molar-refractivity contribution in [1.29, 1.82) is 0 Å². The van der Waals surface area contributed by atoms with Crippen LogP contribution in [0.3, 0.4) is 0 Å². The molecule has 0 atom stereocenters. The molecular formula is C15H15Cl3N2O4. The highest BCUT2D eigenvalue weighted by Gasteiger charge is 2.33. The second kappa shape index (κ2) is 6.59. The van der Waals surface area contributed by atoms with E-state index in [1.807, 2.05) is 7.05 Å². The van der Waals surface area contributed by atoms with Gasteiger partial charge >= 0.3 is 5.97 Å². The number of carbonyl (C=O) groups is 2. The van der Waals surface area contributed by atoms with Crippen LogP contribution in [-0.2, 0) is 4.74 Å². The lowest BCUT2D eigenvalue weighted by Gasteiger charge is -2.32. The Kier molecular flexibility index (Phi) is 4.84. The number of nitrogens with zero attached hydrogens (tertiary/aromatic N) is 2. The smallest absolute Gasteiger partial charge is 0.343 e. The number of ether oxygens (including phenoxy) is 1. The van der Waals surface area contributed by atoms with Crippen LogP contribution in [0.4, 0.5) is 0 Å². The number of piperazine rings is 1. The molecule has 1 aliphatic rings. The summed E-state index contributed by atoms with van der Waals surface area (Å²) in [5.74, 6) is -0.994. The van der Waals surface area contributed by atoms with Crippen LogP contribution in [0.15, 0.2) is 16.5 Å². The van der Waals surface area contributed by atoms with Crippen LogP contribution in [-0.4, -0.2) is 65.3 Å². The number of rotatable bonds is 3. The number of furan rings is 2. The molecule has 1 amide bonds. The molecule has 0 radical (unpaired) electrons. The SMILES string of the molecule is CN1CCN(C(=O)c2c(C(=O)OCC(Cl)(Cl)Cl)c3ccc2o3)CC1. The van der Waals surface area contributed by atoms with Gasteiger partial charge in [-0.15, -0.1) is 0 Å². The van der Waals surface area contributed by atoms with E-state index in [2.05, 4.69) is 4.90 Å². The van der Waals surface area contributed by atoms with E-state index in [-0.39, 0.29) is 22.6 Å². The van der Waals surface area contributed by atoms with Crippen LogP contribution in [0.1, 0.15) is 20.7 Å². The molecule has 9 heteroatoms. The lowest BCUT2D eigenvalue weighted by molar-refractivity contribution is 0.0504. The summed E-state index contributed by atoms with van der Waals surface area (Å²) in [7, 11) is 1.99. The average Bonchev–Trinajstić information content (AvgIpc) is 3.13. The zero-order valence-corrected chi connectivity index (χ0v) is 15.1. The van der Waals surface area contributed by atoms with Gasteiger partial charge in [0.25, 0.3) is 5.91 Å². The maximum atomic E-state index is 12.8. The summed E-state index contributed by atoms with van der Waals surface area (Å²) in [6.45, 7) is 2.30. The van der Waals surface area contributed by atoms with Gasteiger partial charge in [-0.3, -0.25) is 4.79 Å². The zero-order valence-electron chi connectivity index (χ0n) is 12.9. The Labute approximate surface area is 153 Å². The van der Waals surface area contributed by atoms with Crippen molar-refractivity contribution in [3.63, 3.8) is 0 Å². The van der Waals surface area contributed by atoms with Gasteiger partial charge in [-0.2, -0.15) is 0 Å². The number of benzene rings is 1. The monoisotopic (exact) mass is 392 g/mol. The molecular weight excluding hydrogens is 379 g/mol. The Morgan fingerprint density at radius 1 is 1.12 bits per heavy atom. The predicted molar refractivity (Wildman–Crippen MR) is 91.4 cm³/mol. The third-order valence-electron chi connectivity index (χ3n) is 3.92. The number of likely N-dealkylation sites (N-methyl/N-ethyl adjacent to an activating group) is 1. The molecule has 24 heavy (non-hydrogen) atoms. The van der Waals surface area contributed by atoms with Crippen molar-refractivity contribution in [2.24, 2.45) is 0 Å². The first-order chi connectivity index (χ1) is 11.3. The number of halogens is 3. The van der Waals surface area contributed by atoms with Gasteiger partial charge < -0.3 is 19.0 Å². The van der Waals surface area contributed by atoms with Gasteiger partial charge in [0.2, 0.25) is 3.79 Å². The van der Waals surface area contributed by atoms with Crippen molar-refractivity contribution in [3.05, 3.63) is 23.3 Å². The number of hydrogen-bond acceptors (Lipinski definition) is 5. The van der Waals surface area contributed by atoms with Crippen LogP contribution in [0.5, 0.6) is 0 Å². The predicted octanol–water partition coefficient (Wildman–Crippen LogP) is 2.79. The van der Waals surface area contributed by atoms with Crippen LogP contribution >= 0.6 is 34.8 Å². The minimum absolute atomic E-state index is 0.0886. The summed E-state index contributed by atoms with van der Waals surface area (Å²) in [4.78, 5) is 29.0. The summed E-state index contributed by atoms with van der Waals surface area (Å²) in [6.07, 6.45) is 0. The first kappa shape index (κ1) is 17.6. The van der Waals surface area contributed by atoms with Gasteiger partial charge in [-0.1, -0.05) is 34.8 Å². The van der Waals surface area contributed by atoms with E-state index < -0.39 is 16.4 Å². The van der Waals surface area contributed by atoms with Crippen molar-refractivity contribution in [3.8, 4) is 0 Å². The maximum absolute atomic E-state index is 12.8.